The van der Waals surface area contributed by atoms with Crippen LogP contribution in [-0.4, -0.2) is 18.0 Å². The Morgan fingerprint density at radius 3 is 3.00 bits per heavy atom. The fourth-order valence-electron chi connectivity index (χ4n) is 1.80. The van der Waals surface area contributed by atoms with Crippen molar-refractivity contribution in [3.8, 4) is 0 Å². The van der Waals surface area contributed by atoms with E-state index in [1.807, 2.05) is 0 Å². The maximum absolute atomic E-state index is 5.43. The first-order valence-corrected chi connectivity index (χ1v) is 5.98. The van der Waals surface area contributed by atoms with E-state index in [0.29, 0.717) is 0 Å². The maximum atomic E-state index is 5.43. The lowest BCUT2D eigenvalue weighted by atomic mass is 9.94. The first kappa shape index (κ1) is 10.5. The van der Waals surface area contributed by atoms with Gasteiger partial charge in [-0.15, -0.1) is 0 Å². The summed E-state index contributed by atoms with van der Waals surface area (Å²) in [6.07, 6.45) is 6.43. The van der Waals surface area contributed by atoms with Gasteiger partial charge in [-0.2, -0.15) is 0 Å². The molecule has 0 aliphatic carbocycles. The van der Waals surface area contributed by atoms with Crippen LogP contribution in [0.1, 0.15) is 39.0 Å². The van der Waals surface area contributed by atoms with E-state index in [2.05, 4.69) is 22.9 Å². The summed E-state index contributed by atoms with van der Waals surface area (Å²) in [5.41, 5.74) is 0. The summed E-state index contributed by atoms with van der Waals surface area (Å²) >= 11 is 3.78. The quantitative estimate of drug-likeness (QED) is 0.681. The van der Waals surface area contributed by atoms with Crippen molar-refractivity contribution in [2.24, 2.45) is 5.92 Å². The van der Waals surface area contributed by atoms with Crippen LogP contribution in [0, 0.1) is 5.92 Å². The normalized spacial score (nSPS) is 28.0. The molecule has 1 rings (SSSR count). The molecule has 1 aliphatic heterocycles. The third-order valence-electron chi connectivity index (χ3n) is 2.57. The van der Waals surface area contributed by atoms with Crippen molar-refractivity contribution < 1.29 is 4.74 Å². The number of rotatable bonds is 3. The van der Waals surface area contributed by atoms with Crippen LogP contribution in [0.15, 0.2) is 0 Å². The van der Waals surface area contributed by atoms with Crippen LogP contribution in [0.3, 0.4) is 0 Å². The molecule has 0 bridgehead atoms. The molecule has 0 amide bonds. The zero-order chi connectivity index (χ0) is 8.81. The van der Waals surface area contributed by atoms with E-state index < -0.39 is 0 Å². The number of hydrogen-bond donors (Lipinski definition) is 0. The van der Waals surface area contributed by atoms with E-state index in [-0.39, 0.29) is 0 Å². The second kappa shape index (κ2) is 5.98. The Bertz CT molecular complexity index is 108. The Morgan fingerprint density at radius 1 is 1.42 bits per heavy atom. The van der Waals surface area contributed by atoms with Gasteiger partial charge >= 0.3 is 0 Å². The van der Waals surface area contributed by atoms with Gasteiger partial charge in [0.2, 0.25) is 0 Å². The van der Waals surface area contributed by atoms with Gasteiger partial charge in [0.25, 0.3) is 0 Å². The molecule has 0 aromatic carbocycles. The van der Waals surface area contributed by atoms with E-state index in [1.54, 1.807) is 0 Å². The van der Waals surface area contributed by atoms with Crippen LogP contribution >= 0.6 is 15.9 Å². The van der Waals surface area contributed by atoms with Gasteiger partial charge in [-0.05, 0) is 31.6 Å². The number of ether oxygens (including phenoxy) is 1. The zero-order valence-corrected chi connectivity index (χ0v) is 9.48. The SMILES string of the molecule is CCCC(Br)C1CCCOCC1. The van der Waals surface area contributed by atoms with Crippen molar-refractivity contribution in [3.05, 3.63) is 0 Å². The van der Waals surface area contributed by atoms with Gasteiger partial charge in [-0.1, -0.05) is 29.3 Å². The Hall–Kier alpha value is 0.440. The number of hydrogen-bond acceptors (Lipinski definition) is 1. The summed E-state index contributed by atoms with van der Waals surface area (Å²) in [5, 5.41) is 0. The smallest absolute Gasteiger partial charge is 0.0469 e. The zero-order valence-electron chi connectivity index (χ0n) is 7.89. The first-order chi connectivity index (χ1) is 5.84. The molecule has 0 aromatic rings. The Balaban J connectivity index is 2.27. The van der Waals surface area contributed by atoms with E-state index in [9.17, 15) is 0 Å². The monoisotopic (exact) mass is 234 g/mol. The molecule has 0 radical (unpaired) electrons. The van der Waals surface area contributed by atoms with Gasteiger partial charge in [0.15, 0.2) is 0 Å². The molecule has 1 nitrogen and oxygen atoms in total. The topological polar surface area (TPSA) is 9.23 Å². The third kappa shape index (κ3) is 3.44. The first-order valence-electron chi connectivity index (χ1n) is 5.06. The largest absolute Gasteiger partial charge is 0.381 e. The minimum atomic E-state index is 0.726. The van der Waals surface area contributed by atoms with Crippen LogP contribution in [0.25, 0.3) is 0 Å². The molecule has 72 valence electrons. The van der Waals surface area contributed by atoms with Crippen LogP contribution in [0.5, 0.6) is 0 Å². The molecule has 1 heterocycles. The summed E-state index contributed by atoms with van der Waals surface area (Å²) in [4.78, 5) is 0.726. The minimum absolute atomic E-state index is 0.726. The van der Waals surface area contributed by atoms with Gasteiger partial charge in [-0.25, -0.2) is 0 Å². The fourth-order valence-corrected chi connectivity index (χ4v) is 2.79. The summed E-state index contributed by atoms with van der Waals surface area (Å²) < 4.78 is 5.43. The average Bonchev–Trinajstić information content (AvgIpc) is 2.32. The molecule has 2 heteroatoms. The van der Waals surface area contributed by atoms with E-state index in [0.717, 1.165) is 24.0 Å². The summed E-state index contributed by atoms with van der Waals surface area (Å²) in [5.74, 6) is 0.854. The van der Waals surface area contributed by atoms with E-state index in [4.69, 9.17) is 4.74 Å². The molecule has 2 unspecified atom stereocenters. The summed E-state index contributed by atoms with van der Waals surface area (Å²) in [7, 11) is 0. The molecule has 12 heavy (non-hydrogen) atoms. The van der Waals surface area contributed by atoms with Gasteiger partial charge in [-0.3, -0.25) is 0 Å². The van der Waals surface area contributed by atoms with E-state index >= 15 is 0 Å². The second-order valence-electron chi connectivity index (χ2n) is 3.61. The molecule has 2 atom stereocenters. The Kier molecular flexibility index (Phi) is 5.24. The summed E-state index contributed by atoms with van der Waals surface area (Å²) in [6, 6.07) is 0. The predicted octanol–water partition coefficient (Wildman–Crippen LogP) is 3.37. The molecule has 1 aliphatic rings. The summed E-state index contributed by atoms with van der Waals surface area (Å²) in [6.45, 7) is 4.19. The lowest BCUT2D eigenvalue weighted by Crippen LogP contribution is -2.14. The lowest BCUT2D eigenvalue weighted by molar-refractivity contribution is 0.141. The van der Waals surface area contributed by atoms with Crippen molar-refractivity contribution in [2.45, 2.75) is 43.9 Å². The highest BCUT2D eigenvalue weighted by molar-refractivity contribution is 9.09. The third-order valence-corrected chi connectivity index (χ3v) is 3.78. The van der Waals surface area contributed by atoms with Crippen LogP contribution in [0.2, 0.25) is 0 Å². The molecule has 1 saturated heterocycles. The fraction of sp³-hybridized carbons (Fsp3) is 1.00. The van der Waals surface area contributed by atoms with Crippen molar-refractivity contribution in [3.63, 3.8) is 0 Å². The second-order valence-corrected chi connectivity index (χ2v) is 4.78. The van der Waals surface area contributed by atoms with Crippen molar-refractivity contribution in [1.82, 2.24) is 0 Å². The number of halogens is 1. The molecule has 0 N–H and O–H groups in total. The highest BCUT2D eigenvalue weighted by Crippen LogP contribution is 2.27. The van der Waals surface area contributed by atoms with Crippen molar-refractivity contribution in [2.75, 3.05) is 13.2 Å². The van der Waals surface area contributed by atoms with Crippen LogP contribution in [-0.2, 0) is 4.74 Å². The highest BCUT2D eigenvalue weighted by Gasteiger charge is 2.19. The molecule has 1 fully saturated rings. The van der Waals surface area contributed by atoms with Crippen LogP contribution in [0.4, 0.5) is 0 Å². The predicted molar refractivity (Wildman–Crippen MR) is 55.8 cm³/mol. The maximum Gasteiger partial charge on any atom is 0.0469 e. The Labute approximate surface area is 84.0 Å². The van der Waals surface area contributed by atoms with Gasteiger partial charge in [0.05, 0.1) is 0 Å². The number of alkyl halides is 1. The Morgan fingerprint density at radius 2 is 2.25 bits per heavy atom. The molecular weight excluding hydrogens is 216 g/mol. The highest BCUT2D eigenvalue weighted by atomic mass is 79.9. The molecule has 0 saturated carbocycles. The standard InChI is InChI=1S/C10H19BrO/c1-2-4-10(11)9-5-3-7-12-8-6-9/h9-10H,2-8H2,1H3. The van der Waals surface area contributed by atoms with Gasteiger partial charge < -0.3 is 4.74 Å². The molecule has 0 aromatic heterocycles. The molecular formula is C10H19BrO. The lowest BCUT2D eigenvalue weighted by Gasteiger charge is -2.19. The van der Waals surface area contributed by atoms with Gasteiger partial charge in [0.1, 0.15) is 0 Å². The van der Waals surface area contributed by atoms with Crippen LogP contribution < -0.4 is 0 Å². The van der Waals surface area contributed by atoms with Crippen molar-refractivity contribution >= 4 is 15.9 Å². The minimum Gasteiger partial charge on any atom is -0.381 e. The molecule has 0 spiro atoms. The van der Waals surface area contributed by atoms with Gasteiger partial charge in [0, 0.05) is 18.0 Å². The average molecular weight is 235 g/mol. The van der Waals surface area contributed by atoms with E-state index in [1.165, 1.54) is 32.1 Å². The van der Waals surface area contributed by atoms with Crippen molar-refractivity contribution in [1.29, 1.82) is 0 Å².